The lowest BCUT2D eigenvalue weighted by atomic mass is 10.2. The van der Waals surface area contributed by atoms with Gasteiger partial charge in [0.1, 0.15) is 10.7 Å². The number of hydrogen-bond acceptors (Lipinski definition) is 4. The number of ether oxygens (including phenoxy) is 1. The molecule has 2 aromatic rings. The number of likely N-dealkylation sites (N-methyl/N-ethyl adjacent to an activating group) is 1. The second-order valence-electron chi connectivity index (χ2n) is 4.94. The van der Waals surface area contributed by atoms with Crippen molar-refractivity contribution in [2.45, 2.75) is 26.9 Å². The molecule has 0 unspecified atom stereocenters. The van der Waals surface area contributed by atoms with Crippen molar-refractivity contribution in [1.82, 2.24) is 15.1 Å². The first-order chi connectivity index (χ1) is 11.0. The number of rotatable bonds is 5. The fourth-order valence-electron chi connectivity index (χ4n) is 2.06. The van der Waals surface area contributed by atoms with Gasteiger partial charge in [-0.1, -0.05) is 29.8 Å². The standard InChI is InChI=1S/C16H18ClN3O3/c1-4-18-15(21)11(3)23-16(22)13-10(2)19-20(14(13)17)12-8-6-5-7-9-12/h5-9,11H,4H2,1-3H3,(H,18,21)/t11-/m0/s1. The molecular formula is C16H18ClN3O3. The minimum Gasteiger partial charge on any atom is -0.449 e. The normalized spacial score (nSPS) is 11.8. The quantitative estimate of drug-likeness (QED) is 0.852. The van der Waals surface area contributed by atoms with Crippen LogP contribution >= 0.6 is 11.6 Å². The summed E-state index contributed by atoms with van der Waals surface area (Å²) in [5.41, 5.74) is 1.33. The van der Waals surface area contributed by atoms with Gasteiger partial charge in [-0.25, -0.2) is 9.48 Å². The zero-order valence-corrected chi connectivity index (χ0v) is 13.9. The fraction of sp³-hybridized carbons (Fsp3) is 0.312. The Morgan fingerprint density at radius 2 is 2.00 bits per heavy atom. The SMILES string of the molecule is CCNC(=O)[C@H](C)OC(=O)c1c(C)nn(-c2ccccc2)c1Cl. The van der Waals surface area contributed by atoms with Crippen LogP contribution in [0, 0.1) is 6.92 Å². The van der Waals surface area contributed by atoms with Crippen LogP contribution in [0.2, 0.25) is 5.15 Å². The van der Waals surface area contributed by atoms with Crippen LogP contribution < -0.4 is 5.32 Å². The highest BCUT2D eigenvalue weighted by molar-refractivity contribution is 6.33. The van der Waals surface area contributed by atoms with Gasteiger partial charge in [0.2, 0.25) is 0 Å². The fourth-order valence-corrected chi connectivity index (χ4v) is 2.41. The molecule has 0 fully saturated rings. The van der Waals surface area contributed by atoms with Gasteiger partial charge >= 0.3 is 5.97 Å². The number of amides is 1. The first kappa shape index (κ1) is 17.0. The molecule has 0 aliphatic heterocycles. The molecule has 0 saturated heterocycles. The lowest BCUT2D eigenvalue weighted by Gasteiger charge is -2.12. The highest BCUT2D eigenvalue weighted by Crippen LogP contribution is 2.24. The minimum atomic E-state index is -0.905. The number of benzene rings is 1. The van der Waals surface area contributed by atoms with Crippen LogP contribution in [0.15, 0.2) is 30.3 Å². The zero-order valence-electron chi connectivity index (χ0n) is 13.2. The van der Waals surface area contributed by atoms with Crippen LogP contribution in [0.5, 0.6) is 0 Å². The van der Waals surface area contributed by atoms with Gasteiger partial charge in [-0.15, -0.1) is 0 Å². The van der Waals surface area contributed by atoms with E-state index >= 15 is 0 Å². The predicted octanol–water partition coefficient (Wildman–Crippen LogP) is 2.52. The molecule has 0 bridgehead atoms. The summed E-state index contributed by atoms with van der Waals surface area (Å²) >= 11 is 6.28. The molecular weight excluding hydrogens is 318 g/mol. The average Bonchev–Trinajstić information content (AvgIpc) is 2.83. The van der Waals surface area contributed by atoms with Crippen LogP contribution in [0.3, 0.4) is 0 Å². The summed E-state index contributed by atoms with van der Waals surface area (Å²) < 4.78 is 6.64. The molecule has 2 rings (SSSR count). The van der Waals surface area contributed by atoms with Crippen molar-refractivity contribution < 1.29 is 14.3 Å². The van der Waals surface area contributed by atoms with E-state index < -0.39 is 12.1 Å². The number of aryl methyl sites for hydroxylation is 1. The van der Waals surface area contributed by atoms with E-state index in [0.717, 1.165) is 5.69 Å². The molecule has 1 N–H and O–H groups in total. The summed E-state index contributed by atoms with van der Waals surface area (Å²) in [4.78, 5) is 24.0. The van der Waals surface area contributed by atoms with Crippen molar-refractivity contribution in [3.63, 3.8) is 0 Å². The van der Waals surface area contributed by atoms with Crippen molar-refractivity contribution in [2.24, 2.45) is 0 Å². The van der Waals surface area contributed by atoms with Crippen molar-refractivity contribution in [3.05, 3.63) is 46.7 Å². The predicted molar refractivity (Wildman–Crippen MR) is 86.9 cm³/mol. The maximum Gasteiger partial charge on any atom is 0.344 e. The molecule has 0 aliphatic carbocycles. The molecule has 122 valence electrons. The number of aromatic nitrogens is 2. The molecule has 1 aromatic carbocycles. The molecule has 0 spiro atoms. The molecule has 23 heavy (non-hydrogen) atoms. The molecule has 1 amide bonds. The molecule has 0 radical (unpaired) electrons. The number of carbonyl (C=O) groups is 2. The van der Waals surface area contributed by atoms with Gasteiger partial charge < -0.3 is 10.1 Å². The Hall–Kier alpha value is -2.34. The van der Waals surface area contributed by atoms with E-state index in [1.807, 2.05) is 30.3 Å². The van der Waals surface area contributed by atoms with Gasteiger partial charge in [-0.05, 0) is 32.9 Å². The molecule has 0 saturated carbocycles. The summed E-state index contributed by atoms with van der Waals surface area (Å²) in [6.07, 6.45) is -0.905. The van der Waals surface area contributed by atoms with Gasteiger partial charge in [0.15, 0.2) is 6.10 Å². The maximum atomic E-state index is 12.3. The summed E-state index contributed by atoms with van der Waals surface area (Å²) in [7, 11) is 0. The van der Waals surface area contributed by atoms with Crippen molar-refractivity contribution >= 4 is 23.5 Å². The minimum absolute atomic E-state index is 0.154. The third kappa shape index (κ3) is 3.71. The summed E-state index contributed by atoms with van der Waals surface area (Å²) in [5, 5.41) is 7.02. The largest absolute Gasteiger partial charge is 0.449 e. The lowest BCUT2D eigenvalue weighted by molar-refractivity contribution is -0.128. The number of nitrogens with zero attached hydrogens (tertiary/aromatic N) is 2. The number of halogens is 1. The summed E-state index contributed by atoms with van der Waals surface area (Å²) in [6.45, 7) is 5.43. The number of hydrogen-bond donors (Lipinski definition) is 1. The Bertz CT molecular complexity index is 713. The molecule has 7 heteroatoms. The van der Waals surface area contributed by atoms with Crippen molar-refractivity contribution in [1.29, 1.82) is 0 Å². The van der Waals surface area contributed by atoms with Gasteiger partial charge in [0, 0.05) is 6.54 Å². The van der Waals surface area contributed by atoms with Crippen LogP contribution in [0.4, 0.5) is 0 Å². The van der Waals surface area contributed by atoms with Gasteiger partial charge in [0.25, 0.3) is 5.91 Å². The van der Waals surface area contributed by atoms with Gasteiger partial charge in [-0.2, -0.15) is 5.10 Å². The van der Waals surface area contributed by atoms with Gasteiger partial charge in [-0.3, -0.25) is 4.79 Å². The van der Waals surface area contributed by atoms with E-state index in [4.69, 9.17) is 16.3 Å². The highest BCUT2D eigenvalue weighted by atomic mass is 35.5. The second-order valence-corrected chi connectivity index (χ2v) is 5.30. The average molecular weight is 336 g/mol. The third-order valence-electron chi connectivity index (χ3n) is 3.21. The van der Waals surface area contributed by atoms with Crippen molar-refractivity contribution in [2.75, 3.05) is 6.54 Å². The zero-order chi connectivity index (χ0) is 17.0. The van der Waals surface area contributed by atoms with Crippen LogP contribution in [0.25, 0.3) is 5.69 Å². The maximum absolute atomic E-state index is 12.3. The summed E-state index contributed by atoms with van der Waals surface area (Å²) in [5.74, 6) is -1.03. The Labute approximate surface area is 139 Å². The monoisotopic (exact) mass is 335 g/mol. The van der Waals surface area contributed by atoms with E-state index in [0.29, 0.717) is 12.2 Å². The molecule has 1 aromatic heterocycles. The van der Waals surface area contributed by atoms with E-state index in [1.165, 1.54) is 11.6 Å². The number of para-hydroxylation sites is 1. The topological polar surface area (TPSA) is 73.2 Å². The number of esters is 1. The molecule has 1 heterocycles. The first-order valence-electron chi connectivity index (χ1n) is 7.25. The smallest absolute Gasteiger partial charge is 0.344 e. The van der Waals surface area contributed by atoms with E-state index in [2.05, 4.69) is 10.4 Å². The Morgan fingerprint density at radius 3 is 2.61 bits per heavy atom. The highest BCUT2D eigenvalue weighted by Gasteiger charge is 2.25. The third-order valence-corrected chi connectivity index (χ3v) is 3.56. The van der Waals surface area contributed by atoms with Crippen LogP contribution in [-0.2, 0) is 9.53 Å². The summed E-state index contributed by atoms with van der Waals surface area (Å²) in [6, 6.07) is 9.21. The lowest BCUT2D eigenvalue weighted by Crippen LogP contribution is -2.35. The van der Waals surface area contributed by atoms with Crippen LogP contribution in [0.1, 0.15) is 29.9 Å². The van der Waals surface area contributed by atoms with Crippen molar-refractivity contribution in [3.8, 4) is 5.69 Å². The van der Waals surface area contributed by atoms with Crippen LogP contribution in [-0.4, -0.2) is 34.3 Å². The molecule has 0 aliphatic rings. The number of nitrogens with one attached hydrogen (secondary N) is 1. The molecule has 1 atom stereocenters. The Morgan fingerprint density at radius 1 is 1.35 bits per heavy atom. The van der Waals surface area contributed by atoms with E-state index in [-0.39, 0.29) is 16.6 Å². The molecule has 6 nitrogen and oxygen atoms in total. The first-order valence-corrected chi connectivity index (χ1v) is 7.62. The number of carbonyl (C=O) groups excluding carboxylic acids is 2. The Kier molecular flexibility index (Phi) is 5.39. The second kappa shape index (κ2) is 7.28. The Balaban J connectivity index is 2.25. The van der Waals surface area contributed by atoms with Gasteiger partial charge in [0.05, 0.1) is 11.4 Å². The van der Waals surface area contributed by atoms with E-state index in [1.54, 1.807) is 13.8 Å². The van der Waals surface area contributed by atoms with E-state index in [9.17, 15) is 9.59 Å².